The van der Waals surface area contributed by atoms with Gasteiger partial charge in [-0.2, -0.15) is 0 Å². The van der Waals surface area contributed by atoms with E-state index in [0.717, 1.165) is 45.1 Å². The monoisotopic (exact) mass is 269 g/mol. The summed E-state index contributed by atoms with van der Waals surface area (Å²) in [5, 5.41) is 8.45. The van der Waals surface area contributed by atoms with E-state index in [1.54, 1.807) is 6.07 Å². The maximum atomic E-state index is 5.74. The second-order valence-corrected chi connectivity index (χ2v) is 5.23. The number of likely N-dealkylation sites (N-methyl/N-ethyl adjacent to an activating group) is 1. The predicted molar refractivity (Wildman–Crippen MR) is 74.2 cm³/mol. The number of rotatable bonds is 4. The van der Waals surface area contributed by atoms with Gasteiger partial charge in [0, 0.05) is 39.3 Å². The first kappa shape index (κ1) is 13.5. The number of aromatic nitrogens is 2. The fourth-order valence-corrected chi connectivity index (χ4v) is 2.12. The van der Waals surface area contributed by atoms with Crippen LogP contribution in [0.3, 0.4) is 0 Å². The minimum atomic E-state index is 0.448. The smallest absolute Gasteiger partial charge is 0.151 e. The normalized spacial score (nSPS) is 17.4. The van der Waals surface area contributed by atoms with Crippen LogP contribution in [-0.2, 0) is 0 Å². The Morgan fingerprint density at radius 2 is 1.89 bits per heavy atom. The molecular weight excluding hydrogens is 250 g/mol. The van der Waals surface area contributed by atoms with Gasteiger partial charge in [0.2, 0.25) is 0 Å². The molecule has 0 atom stereocenters. The van der Waals surface area contributed by atoms with E-state index < -0.39 is 0 Å². The van der Waals surface area contributed by atoms with Crippen LogP contribution in [0, 0.1) is 0 Å². The Morgan fingerprint density at radius 3 is 2.44 bits per heavy atom. The summed E-state index contributed by atoms with van der Waals surface area (Å²) in [5.74, 6) is 0.923. The van der Waals surface area contributed by atoms with Gasteiger partial charge in [-0.3, -0.25) is 4.90 Å². The molecule has 1 aromatic heterocycles. The van der Waals surface area contributed by atoms with Crippen LogP contribution in [0.1, 0.15) is 0 Å². The molecule has 1 fully saturated rings. The molecule has 100 valence electrons. The summed E-state index contributed by atoms with van der Waals surface area (Å²) in [4.78, 5) is 6.96. The van der Waals surface area contributed by atoms with Crippen LogP contribution in [0.5, 0.6) is 0 Å². The molecule has 0 radical (unpaired) electrons. The van der Waals surface area contributed by atoms with Crippen molar-refractivity contribution in [3.8, 4) is 0 Å². The quantitative estimate of drug-likeness (QED) is 0.809. The van der Waals surface area contributed by atoms with Crippen molar-refractivity contribution in [2.24, 2.45) is 0 Å². The SMILES string of the molecule is CN(C)CCN1CCN(c2ccc(Cl)nn2)CC1. The Labute approximate surface area is 113 Å². The van der Waals surface area contributed by atoms with Gasteiger partial charge in [0.1, 0.15) is 0 Å². The molecule has 18 heavy (non-hydrogen) atoms. The van der Waals surface area contributed by atoms with Crippen molar-refractivity contribution >= 4 is 17.4 Å². The second-order valence-electron chi connectivity index (χ2n) is 4.85. The molecule has 2 rings (SSSR count). The fourth-order valence-electron chi connectivity index (χ4n) is 2.02. The van der Waals surface area contributed by atoms with E-state index in [-0.39, 0.29) is 0 Å². The van der Waals surface area contributed by atoms with Crippen molar-refractivity contribution in [3.05, 3.63) is 17.3 Å². The lowest BCUT2D eigenvalue weighted by atomic mass is 10.3. The van der Waals surface area contributed by atoms with Crippen LogP contribution in [0.15, 0.2) is 12.1 Å². The van der Waals surface area contributed by atoms with Gasteiger partial charge in [0.25, 0.3) is 0 Å². The van der Waals surface area contributed by atoms with E-state index in [9.17, 15) is 0 Å². The predicted octanol–water partition coefficient (Wildman–Crippen LogP) is 0.814. The first-order chi connectivity index (χ1) is 8.65. The number of nitrogens with zero attached hydrogens (tertiary/aromatic N) is 5. The van der Waals surface area contributed by atoms with Crippen molar-refractivity contribution < 1.29 is 0 Å². The molecule has 0 saturated carbocycles. The van der Waals surface area contributed by atoms with Crippen molar-refractivity contribution in [2.75, 3.05) is 58.3 Å². The fraction of sp³-hybridized carbons (Fsp3) is 0.667. The van der Waals surface area contributed by atoms with Gasteiger partial charge in [0.15, 0.2) is 11.0 Å². The third kappa shape index (κ3) is 3.80. The van der Waals surface area contributed by atoms with E-state index in [4.69, 9.17) is 11.6 Å². The second kappa shape index (κ2) is 6.31. The minimum Gasteiger partial charge on any atom is -0.353 e. The van der Waals surface area contributed by atoms with Crippen molar-refractivity contribution in [2.45, 2.75) is 0 Å². The van der Waals surface area contributed by atoms with Crippen molar-refractivity contribution in [1.82, 2.24) is 20.0 Å². The van der Waals surface area contributed by atoms with Crippen molar-refractivity contribution in [3.63, 3.8) is 0 Å². The summed E-state index contributed by atoms with van der Waals surface area (Å²) in [7, 11) is 4.22. The molecule has 0 aromatic carbocycles. The molecule has 0 bridgehead atoms. The maximum absolute atomic E-state index is 5.74. The van der Waals surface area contributed by atoms with Gasteiger partial charge < -0.3 is 9.80 Å². The Kier molecular flexibility index (Phi) is 4.74. The van der Waals surface area contributed by atoms with E-state index >= 15 is 0 Å². The van der Waals surface area contributed by atoms with E-state index in [1.807, 2.05) is 6.07 Å². The number of piperazine rings is 1. The molecule has 1 aliphatic rings. The van der Waals surface area contributed by atoms with Gasteiger partial charge in [-0.1, -0.05) is 11.6 Å². The van der Waals surface area contributed by atoms with Crippen LogP contribution in [0.2, 0.25) is 5.15 Å². The van der Waals surface area contributed by atoms with Crippen LogP contribution >= 0.6 is 11.6 Å². The van der Waals surface area contributed by atoms with Crippen LogP contribution in [0.25, 0.3) is 0 Å². The first-order valence-corrected chi connectivity index (χ1v) is 6.64. The third-order valence-corrected chi connectivity index (χ3v) is 3.38. The highest BCUT2D eigenvalue weighted by Gasteiger charge is 2.17. The summed E-state index contributed by atoms with van der Waals surface area (Å²) in [5.41, 5.74) is 0. The Hall–Kier alpha value is -0.910. The first-order valence-electron chi connectivity index (χ1n) is 6.26. The standard InChI is InChI=1S/C12H20ClN5/c1-16(2)5-6-17-7-9-18(10-8-17)12-4-3-11(13)14-15-12/h3-4H,5-10H2,1-2H3. The molecule has 1 aliphatic heterocycles. The molecular formula is C12H20ClN5. The zero-order chi connectivity index (χ0) is 13.0. The van der Waals surface area contributed by atoms with Gasteiger partial charge in [-0.05, 0) is 26.2 Å². The van der Waals surface area contributed by atoms with E-state index in [2.05, 4.69) is 39.0 Å². The van der Waals surface area contributed by atoms with Crippen molar-refractivity contribution in [1.29, 1.82) is 0 Å². The summed E-state index contributed by atoms with van der Waals surface area (Å²) >= 11 is 5.74. The average molecular weight is 270 g/mol. The summed E-state index contributed by atoms with van der Waals surface area (Å²) in [6.07, 6.45) is 0. The lowest BCUT2D eigenvalue weighted by molar-refractivity contribution is 0.229. The highest BCUT2D eigenvalue weighted by Crippen LogP contribution is 2.14. The molecule has 2 heterocycles. The minimum absolute atomic E-state index is 0.448. The Morgan fingerprint density at radius 1 is 1.17 bits per heavy atom. The maximum Gasteiger partial charge on any atom is 0.151 e. The molecule has 0 unspecified atom stereocenters. The Bertz CT molecular complexity index is 359. The van der Waals surface area contributed by atoms with Crippen LogP contribution in [0.4, 0.5) is 5.82 Å². The number of hydrogen-bond acceptors (Lipinski definition) is 5. The third-order valence-electron chi connectivity index (χ3n) is 3.18. The lowest BCUT2D eigenvalue weighted by Crippen LogP contribution is -2.48. The van der Waals surface area contributed by atoms with E-state index in [0.29, 0.717) is 5.15 Å². The molecule has 0 amide bonds. The molecule has 6 heteroatoms. The summed E-state index contributed by atoms with van der Waals surface area (Å²) in [6.45, 7) is 6.41. The largest absolute Gasteiger partial charge is 0.353 e. The zero-order valence-corrected chi connectivity index (χ0v) is 11.8. The van der Waals surface area contributed by atoms with Gasteiger partial charge in [-0.25, -0.2) is 0 Å². The van der Waals surface area contributed by atoms with Gasteiger partial charge in [-0.15, -0.1) is 10.2 Å². The van der Waals surface area contributed by atoms with Crippen LogP contribution in [-0.4, -0.2) is 73.4 Å². The number of hydrogen-bond donors (Lipinski definition) is 0. The van der Waals surface area contributed by atoms with Gasteiger partial charge >= 0.3 is 0 Å². The number of halogens is 1. The number of anilines is 1. The molecule has 5 nitrogen and oxygen atoms in total. The Balaban J connectivity index is 1.81. The molecule has 0 spiro atoms. The molecule has 0 N–H and O–H groups in total. The summed E-state index contributed by atoms with van der Waals surface area (Å²) < 4.78 is 0. The molecule has 1 saturated heterocycles. The topological polar surface area (TPSA) is 35.5 Å². The lowest BCUT2D eigenvalue weighted by Gasteiger charge is -2.35. The zero-order valence-electron chi connectivity index (χ0n) is 11.0. The van der Waals surface area contributed by atoms with Crippen LogP contribution < -0.4 is 4.90 Å². The summed E-state index contributed by atoms with van der Waals surface area (Å²) in [6, 6.07) is 3.73. The molecule has 0 aliphatic carbocycles. The molecule has 1 aromatic rings. The average Bonchev–Trinajstić information content (AvgIpc) is 2.38. The van der Waals surface area contributed by atoms with Gasteiger partial charge in [0.05, 0.1) is 0 Å². The van der Waals surface area contributed by atoms with E-state index in [1.165, 1.54) is 0 Å². The highest BCUT2D eigenvalue weighted by molar-refractivity contribution is 6.29. The highest BCUT2D eigenvalue weighted by atomic mass is 35.5.